The number of rotatable bonds is 3. The molecule has 0 fully saturated rings. The summed E-state index contributed by atoms with van der Waals surface area (Å²) < 4.78 is 17.8. The molecule has 49 heavy (non-hydrogen) atoms. The van der Waals surface area contributed by atoms with Gasteiger partial charge in [-0.25, -0.2) is 14.0 Å². The van der Waals surface area contributed by atoms with Crippen LogP contribution in [-0.2, 0) is 38.3 Å². The van der Waals surface area contributed by atoms with Gasteiger partial charge in [-0.3, -0.25) is 9.36 Å². The van der Waals surface area contributed by atoms with E-state index in [0.29, 0.717) is 11.4 Å². The lowest BCUT2D eigenvalue weighted by molar-refractivity contribution is 0.00487. The molecule has 0 saturated heterocycles. The molecule has 0 unspecified atom stereocenters. The van der Waals surface area contributed by atoms with Crippen LogP contribution in [0.5, 0.6) is 0 Å². The normalized spacial score (nSPS) is 11.4. The minimum atomic E-state index is -0.509. The first-order chi connectivity index (χ1) is 22.0. The van der Waals surface area contributed by atoms with Crippen molar-refractivity contribution < 1.29 is 19.1 Å². The third-order valence-electron chi connectivity index (χ3n) is 5.66. The smallest absolute Gasteiger partial charge is 0.359 e. The number of carbonyl (C=O) groups is 2. The van der Waals surface area contributed by atoms with Gasteiger partial charge in [0, 0.05) is 53.3 Å². The van der Waals surface area contributed by atoms with Crippen LogP contribution in [0.25, 0.3) is 0 Å². The van der Waals surface area contributed by atoms with Gasteiger partial charge >= 0.3 is 11.9 Å². The summed E-state index contributed by atoms with van der Waals surface area (Å²) in [6.07, 6.45) is 0. The van der Waals surface area contributed by atoms with Crippen molar-refractivity contribution >= 4 is 47.0 Å². The number of hydrogen-bond acceptors (Lipinski definition) is 8. The number of carbonyl (C=O) groups excluding carboxylic acids is 2. The number of alkyl halides is 1. The molecule has 0 amide bonds. The van der Waals surface area contributed by atoms with E-state index >= 15 is 0 Å². The fraction of sp³-hybridized carbons (Fsp3) is 0.789. The lowest BCUT2D eigenvalue weighted by Crippen LogP contribution is -2.30. The zero-order valence-corrected chi connectivity index (χ0v) is 38.8. The SMILES string of the molecule is CC.CC.CC(C)(C)OC(=O)c1cc(C(C)(C)C)n(C(C)(C)C)n1.CI.CN=S.Cc1c(C(=O)OC(C)(C)C)nn(C(C)C)c1C(C)(C)C. The Morgan fingerprint density at radius 1 is 0.755 bits per heavy atom. The molecule has 0 aliphatic heterocycles. The predicted molar refractivity (Wildman–Crippen MR) is 221 cm³/mol. The topological polar surface area (TPSA) is 101 Å². The van der Waals surface area contributed by atoms with Crippen molar-refractivity contribution in [3.63, 3.8) is 0 Å². The zero-order valence-electron chi connectivity index (χ0n) is 35.8. The van der Waals surface area contributed by atoms with Crippen molar-refractivity contribution in [2.45, 2.75) is 186 Å². The molecule has 0 aliphatic rings. The van der Waals surface area contributed by atoms with Crippen LogP contribution in [0, 0.1) is 6.92 Å². The van der Waals surface area contributed by atoms with Crippen LogP contribution < -0.4 is 0 Å². The van der Waals surface area contributed by atoms with Crippen molar-refractivity contribution in [3.05, 3.63) is 34.4 Å². The summed E-state index contributed by atoms with van der Waals surface area (Å²) >= 11 is 6.17. The molecular weight excluding hydrogens is 749 g/mol. The van der Waals surface area contributed by atoms with Crippen molar-refractivity contribution in [1.82, 2.24) is 19.6 Å². The zero-order chi connectivity index (χ0) is 40.5. The molecule has 2 aromatic rings. The quantitative estimate of drug-likeness (QED) is 0.173. The fourth-order valence-electron chi connectivity index (χ4n) is 4.17. The Labute approximate surface area is 320 Å². The third-order valence-corrected chi connectivity index (χ3v) is 5.66. The molecule has 0 saturated carbocycles. The van der Waals surface area contributed by atoms with Crippen LogP contribution in [0.15, 0.2) is 10.4 Å². The second-order valence-electron chi connectivity index (χ2n) is 16.0. The molecule has 0 atom stereocenters. The molecule has 0 aromatic carbocycles. The van der Waals surface area contributed by atoms with Gasteiger partial charge in [-0.15, -0.1) is 0 Å². The number of esters is 2. The van der Waals surface area contributed by atoms with E-state index in [2.05, 4.69) is 126 Å². The van der Waals surface area contributed by atoms with Gasteiger partial charge in [0.2, 0.25) is 0 Å². The van der Waals surface area contributed by atoms with Crippen LogP contribution in [0.1, 0.15) is 189 Å². The highest BCUT2D eigenvalue weighted by molar-refractivity contribution is 14.1. The Kier molecular flexibility index (Phi) is 25.1. The monoisotopic (exact) mass is 823 g/mol. The first-order valence-corrected chi connectivity index (χ1v) is 19.8. The molecule has 2 aromatic heterocycles. The molecule has 0 N–H and O–H groups in total. The van der Waals surface area contributed by atoms with E-state index in [0.717, 1.165) is 17.0 Å². The van der Waals surface area contributed by atoms with E-state index in [1.54, 1.807) is 7.05 Å². The molecule has 2 rings (SSSR count). The minimum Gasteiger partial charge on any atom is -0.455 e. The second kappa shape index (κ2) is 22.8. The molecule has 0 aliphatic carbocycles. The molecular formula is C38H74IN5O4S. The Bertz CT molecular complexity index is 1220. The van der Waals surface area contributed by atoms with E-state index in [9.17, 15) is 9.59 Å². The van der Waals surface area contributed by atoms with Gasteiger partial charge in [-0.1, -0.05) is 91.8 Å². The Hall–Kier alpha value is -1.89. The van der Waals surface area contributed by atoms with Crippen molar-refractivity contribution in [1.29, 1.82) is 0 Å². The first kappa shape index (κ1) is 53.9. The summed E-state index contributed by atoms with van der Waals surface area (Å²) in [5, 5.41) is 8.98. The summed E-state index contributed by atoms with van der Waals surface area (Å²) in [4.78, 5) is 26.4. The largest absolute Gasteiger partial charge is 0.455 e. The van der Waals surface area contributed by atoms with Crippen LogP contribution >= 0.6 is 22.6 Å². The average molecular weight is 824 g/mol. The molecule has 9 nitrogen and oxygen atoms in total. The average Bonchev–Trinajstić information content (AvgIpc) is 3.54. The van der Waals surface area contributed by atoms with E-state index in [-0.39, 0.29) is 34.3 Å². The van der Waals surface area contributed by atoms with Crippen LogP contribution in [0.4, 0.5) is 0 Å². The highest BCUT2D eigenvalue weighted by atomic mass is 127. The van der Waals surface area contributed by atoms with E-state index < -0.39 is 11.2 Å². The van der Waals surface area contributed by atoms with Gasteiger partial charge in [-0.05, 0) is 94.1 Å². The third kappa shape index (κ3) is 20.5. The standard InChI is InChI=1S/2C16H28N2O2.2C2H6.CH3I.CH3NS/c1-14(2,3)12-10-11(13(19)20-16(7,8)9)17-18(12)15(4,5)6;1-10(2)18-13(15(4,5)6)11(3)12(17-18)14(19)20-16(7,8)9;3*1-2;1-2-3/h2*10H,1-9H3;2*1-2H3;1H3;1H3. The van der Waals surface area contributed by atoms with Crippen LogP contribution in [0.2, 0.25) is 0 Å². The molecule has 0 bridgehead atoms. The van der Waals surface area contributed by atoms with Gasteiger partial charge in [0.15, 0.2) is 11.4 Å². The lowest BCUT2D eigenvalue weighted by Gasteiger charge is -2.28. The molecule has 0 spiro atoms. The number of aromatic nitrogens is 4. The lowest BCUT2D eigenvalue weighted by atomic mass is 9.88. The molecule has 0 radical (unpaired) electrons. The van der Waals surface area contributed by atoms with Gasteiger partial charge < -0.3 is 9.47 Å². The van der Waals surface area contributed by atoms with Crippen molar-refractivity contribution in [2.24, 2.45) is 4.36 Å². The maximum Gasteiger partial charge on any atom is 0.359 e. The Morgan fingerprint density at radius 2 is 1.12 bits per heavy atom. The Balaban J connectivity index is -0.000000334. The van der Waals surface area contributed by atoms with E-state index in [4.69, 9.17) is 9.47 Å². The summed E-state index contributed by atoms with van der Waals surface area (Å²) in [5.74, 6) is -0.717. The van der Waals surface area contributed by atoms with Crippen LogP contribution in [-0.4, -0.2) is 54.7 Å². The molecule has 2 heterocycles. The second-order valence-corrected chi connectivity index (χ2v) is 16.4. The first-order valence-electron chi connectivity index (χ1n) is 17.2. The number of nitrogens with zero attached hydrogens (tertiary/aromatic N) is 5. The summed E-state index contributed by atoms with van der Waals surface area (Å²) in [7, 11) is 1.56. The number of hydrogen-bond donors (Lipinski definition) is 0. The molecule has 288 valence electrons. The summed E-state index contributed by atoms with van der Waals surface area (Å²) in [6.45, 7) is 44.2. The minimum absolute atomic E-state index is 0.0678. The molecule has 11 heteroatoms. The maximum atomic E-state index is 12.3. The van der Waals surface area contributed by atoms with Gasteiger partial charge in [-0.2, -0.15) is 10.2 Å². The highest BCUT2D eigenvalue weighted by Gasteiger charge is 2.32. The van der Waals surface area contributed by atoms with E-state index in [1.165, 1.54) is 0 Å². The number of halogens is 1. The van der Waals surface area contributed by atoms with Gasteiger partial charge in [0.05, 0.1) is 5.54 Å². The van der Waals surface area contributed by atoms with Gasteiger partial charge in [0.25, 0.3) is 0 Å². The number of ether oxygens (including phenoxy) is 2. The Morgan fingerprint density at radius 3 is 1.37 bits per heavy atom. The van der Waals surface area contributed by atoms with E-state index in [1.807, 2.05) is 96.5 Å². The summed E-state index contributed by atoms with van der Waals surface area (Å²) in [6, 6.07) is 2.05. The highest BCUT2D eigenvalue weighted by Crippen LogP contribution is 2.31. The predicted octanol–water partition coefficient (Wildman–Crippen LogP) is 11.4. The summed E-state index contributed by atoms with van der Waals surface area (Å²) in [5.41, 5.74) is 2.50. The van der Waals surface area contributed by atoms with Gasteiger partial charge in [0.1, 0.15) is 11.2 Å². The van der Waals surface area contributed by atoms with Crippen LogP contribution in [0.3, 0.4) is 0 Å². The van der Waals surface area contributed by atoms with Crippen molar-refractivity contribution in [3.8, 4) is 0 Å². The maximum absolute atomic E-state index is 12.3. The fourth-order valence-corrected chi connectivity index (χ4v) is 4.17. The van der Waals surface area contributed by atoms with Crippen molar-refractivity contribution in [2.75, 3.05) is 12.0 Å².